The van der Waals surface area contributed by atoms with Gasteiger partial charge >= 0.3 is 24.5 Å². The zero-order valence-electron chi connectivity index (χ0n) is 38.0. The first-order valence-electron chi connectivity index (χ1n) is 21.1. The molecule has 4 N–H and O–H groups in total. The van der Waals surface area contributed by atoms with Gasteiger partial charge in [0.15, 0.2) is 21.3 Å². The molecule has 2 aliphatic rings. The molecule has 17 nitrogen and oxygen atoms in total. The third-order valence-corrected chi connectivity index (χ3v) is 14.9. The van der Waals surface area contributed by atoms with Crippen LogP contribution >= 0.6 is 11.6 Å². The first-order chi connectivity index (χ1) is 33.6. The van der Waals surface area contributed by atoms with E-state index in [9.17, 15) is 66.3 Å². The van der Waals surface area contributed by atoms with Crippen LogP contribution in [0.5, 0.6) is 0 Å². The number of anilines is 1. The average Bonchev–Trinajstić information content (AvgIpc) is 3.75. The SMILES string of the molecule is CC(C)(C#Cc1ccc(-c2ccc(Cl)c3c(N(C(=O)OCCNC(N)=O)S(C)(=O)=O)nn(CC(F)(F)F)c23)c([C@H](Cc2cc(F)cc(F)c2)NC(=O)Cn2nc(C(F)(F)F)c3c2C(F)(F)[C@@H]2C[C@H]32)n1)S(C)(=O)=O. The minimum absolute atomic E-state index is 0.131. The molecule has 73 heavy (non-hydrogen) atoms. The Balaban J connectivity index is 1.47. The minimum Gasteiger partial charge on any atom is -0.447 e. The highest BCUT2D eigenvalue weighted by Gasteiger charge is 2.68. The molecule has 2 aromatic carbocycles. The Morgan fingerprint density at radius 1 is 0.973 bits per heavy atom. The molecular formula is C43H38ClF10N9O8S2. The lowest BCUT2D eigenvalue weighted by Gasteiger charge is -2.23. The number of sulfonamides is 1. The van der Waals surface area contributed by atoms with E-state index in [0.717, 1.165) is 42.7 Å². The van der Waals surface area contributed by atoms with Crippen LogP contribution in [0.4, 0.5) is 59.3 Å². The van der Waals surface area contributed by atoms with E-state index in [1.807, 2.05) is 0 Å². The number of rotatable bonds is 14. The second kappa shape index (κ2) is 19.0. The Morgan fingerprint density at radius 2 is 1.62 bits per heavy atom. The Morgan fingerprint density at radius 3 is 2.21 bits per heavy atom. The number of hydrogen-bond donors (Lipinski definition) is 3. The smallest absolute Gasteiger partial charge is 0.435 e. The molecule has 1 fully saturated rings. The molecule has 0 unspecified atom stereocenters. The maximum Gasteiger partial charge on any atom is 0.435 e. The molecule has 3 atom stereocenters. The van der Waals surface area contributed by atoms with Gasteiger partial charge in [-0.05, 0) is 74.4 Å². The van der Waals surface area contributed by atoms with Gasteiger partial charge in [-0.25, -0.2) is 40.2 Å². The molecule has 392 valence electrons. The fourth-order valence-electron chi connectivity index (χ4n) is 8.15. The number of hydrogen-bond acceptors (Lipinski definition) is 11. The van der Waals surface area contributed by atoms with Gasteiger partial charge in [0.25, 0.3) is 5.92 Å². The summed E-state index contributed by atoms with van der Waals surface area (Å²) in [5.74, 6) is -6.25. The van der Waals surface area contributed by atoms with Crippen LogP contribution in [-0.4, -0.2) is 96.0 Å². The second-order valence-corrected chi connectivity index (χ2v) is 22.3. The van der Waals surface area contributed by atoms with Gasteiger partial charge in [0.1, 0.15) is 47.5 Å². The summed E-state index contributed by atoms with van der Waals surface area (Å²) in [7, 11) is -8.83. The molecule has 4 amide bonds. The van der Waals surface area contributed by atoms with Crippen molar-refractivity contribution in [2.24, 2.45) is 11.7 Å². The van der Waals surface area contributed by atoms with Gasteiger partial charge < -0.3 is 21.1 Å². The number of nitrogens with zero attached hydrogens (tertiary/aromatic N) is 6. The van der Waals surface area contributed by atoms with E-state index in [0.29, 0.717) is 12.3 Å². The van der Waals surface area contributed by atoms with E-state index in [2.05, 4.69) is 37.7 Å². The Kier molecular flexibility index (Phi) is 14.1. The molecule has 0 aliphatic heterocycles. The minimum atomic E-state index is -5.24. The summed E-state index contributed by atoms with van der Waals surface area (Å²) in [4.78, 5) is 43.2. The topological polar surface area (TPSA) is 231 Å². The van der Waals surface area contributed by atoms with Crippen molar-refractivity contribution in [1.82, 2.24) is 35.2 Å². The molecule has 7 rings (SSSR count). The zero-order chi connectivity index (χ0) is 54.1. The van der Waals surface area contributed by atoms with Crippen molar-refractivity contribution in [1.29, 1.82) is 0 Å². The third kappa shape index (κ3) is 11.3. The Bertz CT molecular complexity index is 3370. The van der Waals surface area contributed by atoms with Crippen molar-refractivity contribution in [2.45, 2.75) is 74.8 Å². The highest BCUT2D eigenvalue weighted by atomic mass is 35.5. The van der Waals surface area contributed by atoms with E-state index >= 15 is 8.78 Å². The quantitative estimate of drug-likeness (QED) is 0.0591. The number of pyridine rings is 1. The summed E-state index contributed by atoms with van der Waals surface area (Å²) in [6, 6.07) is 3.49. The lowest BCUT2D eigenvalue weighted by Crippen LogP contribution is -2.39. The highest BCUT2D eigenvalue weighted by molar-refractivity contribution is 7.93. The van der Waals surface area contributed by atoms with Gasteiger partial charge in [0.2, 0.25) is 15.9 Å². The van der Waals surface area contributed by atoms with Gasteiger partial charge in [-0.2, -0.15) is 49.6 Å². The predicted molar refractivity (Wildman–Crippen MR) is 239 cm³/mol. The number of halogens is 11. The lowest BCUT2D eigenvalue weighted by molar-refractivity contribution is -0.143. The third-order valence-electron chi connectivity index (χ3n) is 11.6. The number of ether oxygens (including phenoxy) is 1. The molecule has 5 aromatic rings. The number of fused-ring (bicyclic) bond motifs is 4. The Hall–Kier alpha value is -6.67. The van der Waals surface area contributed by atoms with Crippen molar-refractivity contribution in [3.05, 3.63) is 93.0 Å². The molecule has 0 bridgehead atoms. The standard InChI is InChI=1S/C43H38ClF10N9O8S2/c1-40(2,72(3,67)68)10-9-23-5-6-24(25-7-8-28(44)32-34(25)62(19-41(47,48)49)60-37(32)63(73(4,69)70)39(66)71-12-11-56-38(55)65)33(57-23)29(15-20-13-21(45)16-22(46)14-20)58-30(64)18-61-36-31(35(59-61)43(52,53)54)26-17-27(26)42(36,50)51/h5-8,13-14,16,26-27,29H,11-12,15,17-19H2,1-4H3,(H,58,64)(H3,55,56,65)/t26-,27+,29-/m0/s1. The number of alkyl halides is 8. The van der Waals surface area contributed by atoms with E-state index in [1.165, 1.54) is 13.8 Å². The summed E-state index contributed by atoms with van der Waals surface area (Å²) in [6.07, 6.45) is -11.8. The number of nitrogens with two attached hydrogens (primary N) is 1. The Labute approximate surface area is 412 Å². The maximum absolute atomic E-state index is 15.6. The average molecular weight is 1100 g/mol. The first kappa shape index (κ1) is 54.1. The number of sulfone groups is 1. The molecule has 30 heteroatoms. The molecule has 3 aromatic heterocycles. The normalized spacial score (nSPS) is 16.8. The summed E-state index contributed by atoms with van der Waals surface area (Å²) >= 11 is 6.59. The van der Waals surface area contributed by atoms with Gasteiger partial charge in [0, 0.05) is 34.9 Å². The maximum atomic E-state index is 15.6. The number of amides is 4. The zero-order valence-corrected chi connectivity index (χ0v) is 40.4. The van der Waals surface area contributed by atoms with Crippen LogP contribution in [0.2, 0.25) is 5.02 Å². The number of benzene rings is 2. The van der Waals surface area contributed by atoms with Crippen LogP contribution in [0.3, 0.4) is 0 Å². The second-order valence-electron chi connectivity index (χ2n) is 17.4. The van der Waals surface area contributed by atoms with Crippen LogP contribution in [-0.2, 0) is 61.0 Å². The monoisotopic (exact) mass is 1100 g/mol. The molecule has 0 radical (unpaired) electrons. The van der Waals surface area contributed by atoms with Crippen molar-refractivity contribution in [3.8, 4) is 23.0 Å². The molecule has 0 spiro atoms. The van der Waals surface area contributed by atoms with Crippen molar-refractivity contribution in [3.63, 3.8) is 0 Å². The summed E-state index contributed by atoms with van der Waals surface area (Å²) in [6.45, 7) is -2.08. The summed E-state index contributed by atoms with van der Waals surface area (Å²) < 4.78 is 202. The van der Waals surface area contributed by atoms with Gasteiger partial charge in [-0.3, -0.25) is 14.2 Å². The highest BCUT2D eigenvalue weighted by Crippen LogP contribution is 2.68. The molecule has 0 saturated heterocycles. The van der Waals surface area contributed by atoms with Crippen molar-refractivity contribution in [2.75, 3.05) is 30.0 Å². The molecular weight excluding hydrogens is 1060 g/mol. The number of aromatic nitrogens is 5. The van der Waals surface area contributed by atoms with Gasteiger partial charge in [-0.1, -0.05) is 23.6 Å². The molecule has 1 saturated carbocycles. The molecule has 2 aliphatic carbocycles. The summed E-state index contributed by atoms with van der Waals surface area (Å²) in [5, 5.41) is 10.5. The number of carbonyl (C=O) groups is 3. The first-order valence-corrected chi connectivity index (χ1v) is 25.2. The van der Waals surface area contributed by atoms with Crippen molar-refractivity contribution < 1.29 is 79.9 Å². The lowest BCUT2D eigenvalue weighted by atomic mass is 9.93. The number of nitrogens with one attached hydrogen (secondary N) is 2. The van der Waals surface area contributed by atoms with Gasteiger partial charge in [-0.15, -0.1) is 0 Å². The number of urea groups is 1. The molecule has 3 heterocycles. The van der Waals surface area contributed by atoms with E-state index in [4.69, 9.17) is 22.1 Å². The summed E-state index contributed by atoms with van der Waals surface area (Å²) in [5.41, 5.74) is -1.15. The number of carbonyl (C=O) groups excluding carboxylic acids is 3. The van der Waals surface area contributed by atoms with Crippen LogP contribution < -0.4 is 20.7 Å². The van der Waals surface area contributed by atoms with E-state index < -0.39 is 173 Å². The predicted octanol–water partition coefficient (Wildman–Crippen LogP) is 6.86. The van der Waals surface area contributed by atoms with E-state index in [1.54, 1.807) is 0 Å². The fraction of sp³-hybridized carbons (Fsp3) is 0.395. The van der Waals surface area contributed by atoms with Gasteiger partial charge in [0.05, 0.1) is 40.5 Å². The van der Waals surface area contributed by atoms with E-state index in [-0.39, 0.29) is 36.9 Å². The van der Waals surface area contributed by atoms with Crippen molar-refractivity contribution >= 4 is 66.2 Å². The fourth-order valence-corrected chi connectivity index (χ4v) is 9.39. The van der Waals surface area contributed by atoms with Crippen LogP contribution in [0.1, 0.15) is 66.1 Å². The van der Waals surface area contributed by atoms with Crippen LogP contribution in [0.25, 0.3) is 22.0 Å². The van der Waals surface area contributed by atoms with Crippen LogP contribution in [0, 0.1) is 29.4 Å². The number of primary amides is 1. The largest absolute Gasteiger partial charge is 0.447 e. The van der Waals surface area contributed by atoms with Crippen LogP contribution in [0.15, 0.2) is 42.5 Å².